The zero-order valence-electron chi connectivity index (χ0n) is 6.53. The van der Waals surface area contributed by atoms with Crippen LogP contribution < -0.4 is 0 Å². The van der Waals surface area contributed by atoms with Crippen LogP contribution in [0.3, 0.4) is 0 Å². The number of ether oxygens (including phenoxy) is 1. The monoisotopic (exact) mass is 195 g/mol. The van der Waals surface area contributed by atoms with Gasteiger partial charge in [0.25, 0.3) is 12.1 Å². The van der Waals surface area contributed by atoms with Crippen LogP contribution in [-0.2, 0) is 4.74 Å². The highest BCUT2D eigenvalue weighted by atomic mass is 16.7. The summed E-state index contributed by atoms with van der Waals surface area (Å²) in [5, 5.41) is 53.5. The highest BCUT2D eigenvalue weighted by molar-refractivity contribution is 5.00. The number of aliphatic hydroxyl groups excluding tert-OH is 4. The Morgan fingerprint density at radius 3 is 2.31 bits per heavy atom. The van der Waals surface area contributed by atoms with E-state index in [-0.39, 0.29) is 0 Å². The standard InChI is InChI=1S/C6H11O7/c7-1-2-3(8)4(9)6(11,12)5(10)13-2/h2-4,7-12H,1H2/t2-,3-,4+/m1/s1. The Labute approximate surface area is 73.4 Å². The molecular formula is C6H11O7. The molecule has 7 heteroatoms. The summed E-state index contributed by atoms with van der Waals surface area (Å²) in [5.41, 5.74) is 0. The van der Waals surface area contributed by atoms with Crippen molar-refractivity contribution in [2.24, 2.45) is 0 Å². The number of hydrogen-bond acceptors (Lipinski definition) is 7. The van der Waals surface area contributed by atoms with Crippen molar-refractivity contribution in [2.45, 2.75) is 24.1 Å². The fourth-order valence-corrected chi connectivity index (χ4v) is 1.01. The SMILES string of the molecule is OC[C@H]1O[C](O)C(O)(O)[C@@H](O)[C@@H]1O. The largest absolute Gasteiger partial charge is 0.394 e. The Morgan fingerprint density at radius 1 is 1.31 bits per heavy atom. The maximum Gasteiger partial charge on any atom is 0.286 e. The summed E-state index contributed by atoms with van der Waals surface area (Å²) in [6, 6.07) is 0. The van der Waals surface area contributed by atoms with Gasteiger partial charge in [-0.05, 0) is 0 Å². The van der Waals surface area contributed by atoms with Crippen molar-refractivity contribution in [3.8, 4) is 0 Å². The first-order valence-electron chi connectivity index (χ1n) is 3.56. The van der Waals surface area contributed by atoms with Crippen molar-refractivity contribution < 1.29 is 35.4 Å². The van der Waals surface area contributed by atoms with E-state index in [2.05, 4.69) is 4.74 Å². The molecule has 1 rings (SSSR count). The van der Waals surface area contributed by atoms with Gasteiger partial charge < -0.3 is 35.4 Å². The average Bonchev–Trinajstić information content (AvgIpc) is 2.09. The third kappa shape index (κ3) is 1.67. The van der Waals surface area contributed by atoms with Crippen molar-refractivity contribution >= 4 is 0 Å². The van der Waals surface area contributed by atoms with Crippen LogP contribution in [-0.4, -0.2) is 61.3 Å². The zero-order chi connectivity index (χ0) is 10.2. The van der Waals surface area contributed by atoms with E-state index < -0.39 is 37.0 Å². The highest BCUT2D eigenvalue weighted by Gasteiger charge is 2.54. The summed E-state index contributed by atoms with van der Waals surface area (Å²) in [7, 11) is 0. The summed E-state index contributed by atoms with van der Waals surface area (Å²) in [5.74, 6) is -3.01. The molecule has 0 amide bonds. The molecule has 1 aliphatic heterocycles. The molecule has 0 spiro atoms. The van der Waals surface area contributed by atoms with Crippen LogP contribution in [0, 0.1) is 6.29 Å². The van der Waals surface area contributed by atoms with Crippen LogP contribution in [0.4, 0.5) is 0 Å². The van der Waals surface area contributed by atoms with Crippen LogP contribution in [0.15, 0.2) is 0 Å². The minimum Gasteiger partial charge on any atom is -0.394 e. The van der Waals surface area contributed by atoms with Gasteiger partial charge in [0, 0.05) is 0 Å². The van der Waals surface area contributed by atoms with Gasteiger partial charge >= 0.3 is 0 Å². The molecule has 0 aliphatic carbocycles. The number of aliphatic hydroxyl groups is 6. The quantitative estimate of drug-likeness (QED) is 0.241. The molecule has 1 fully saturated rings. The zero-order valence-corrected chi connectivity index (χ0v) is 6.53. The van der Waals surface area contributed by atoms with Gasteiger partial charge in [-0.2, -0.15) is 0 Å². The summed E-state index contributed by atoms with van der Waals surface area (Å²) in [4.78, 5) is 0. The average molecular weight is 195 g/mol. The second-order valence-corrected chi connectivity index (χ2v) is 2.81. The second-order valence-electron chi connectivity index (χ2n) is 2.81. The lowest BCUT2D eigenvalue weighted by Crippen LogP contribution is -2.63. The van der Waals surface area contributed by atoms with Crippen LogP contribution >= 0.6 is 0 Å². The van der Waals surface area contributed by atoms with Crippen molar-refractivity contribution in [1.29, 1.82) is 0 Å². The van der Waals surface area contributed by atoms with E-state index in [1.54, 1.807) is 0 Å². The summed E-state index contributed by atoms with van der Waals surface area (Å²) in [6.45, 7) is -0.668. The topological polar surface area (TPSA) is 131 Å². The fourth-order valence-electron chi connectivity index (χ4n) is 1.01. The maximum atomic E-state index is 9.11. The second kappa shape index (κ2) is 3.46. The molecule has 1 saturated heterocycles. The Hall–Kier alpha value is -0.280. The molecule has 0 saturated carbocycles. The molecule has 0 aromatic carbocycles. The molecule has 7 nitrogen and oxygen atoms in total. The Balaban J connectivity index is 2.79. The summed E-state index contributed by atoms with van der Waals surface area (Å²) >= 11 is 0. The maximum absolute atomic E-state index is 9.11. The summed E-state index contributed by atoms with van der Waals surface area (Å²) in [6.07, 6.45) is -6.24. The number of hydrogen-bond donors (Lipinski definition) is 6. The molecule has 0 aromatic rings. The van der Waals surface area contributed by atoms with Crippen LogP contribution in [0.1, 0.15) is 0 Å². The molecule has 1 radical (unpaired) electrons. The lowest BCUT2D eigenvalue weighted by Gasteiger charge is -2.41. The van der Waals surface area contributed by atoms with Crippen molar-refractivity contribution in [3.05, 3.63) is 6.29 Å². The van der Waals surface area contributed by atoms with E-state index in [4.69, 9.17) is 30.6 Å². The van der Waals surface area contributed by atoms with Crippen molar-refractivity contribution in [3.63, 3.8) is 0 Å². The van der Waals surface area contributed by atoms with Crippen LogP contribution in [0.25, 0.3) is 0 Å². The Morgan fingerprint density at radius 2 is 1.85 bits per heavy atom. The van der Waals surface area contributed by atoms with Crippen LogP contribution in [0.5, 0.6) is 0 Å². The third-order valence-corrected chi connectivity index (χ3v) is 1.87. The third-order valence-electron chi connectivity index (χ3n) is 1.87. The molecule has 0 aromatic heterocycles. The van der Waals surface area contributed by atoms with Gasteiger partial charge in [-0.15, -0.1) is 0 Å². The van der Waals surface area contributed by atoms with Gasteiger partial charge in [-0.3, -0.25) is 0 Å². The van der Waals surface area contributed by atoms with Crippen molar-refractivity contribution in [2.75, 3.05) is 6.61 Å². The van der Waals surface area contributed by atoms with E-state index in [9.17, 15) is 0 Å². The smallest absolute Gasteiger partial charge is 0.286 e. The lowest BCUT2D eigenvalue weighted by molar-refractivity contribution is -0.346. The van der Waals surface area contributed by atoms with E-state index in [1.807, 2.05) is 0 Å². The Bertz CT molecular complexity index is 182. The molecular weight excluding hydrogens is 184 g/mol. The van der Waals surface area contributed by atoms with Gasteiger partial charge in [0.15, 0.2) is 0 Å². The molecule has 0 unspecified atom stereocenters. The molecule has 1 aliphatic rings. The molecule has 77 valence electrons. The fraction of sp³-hybridized carbons (Fsp3) is 0.833. The first kappa shape index (κ1) is 10.8. The van der Waals surface area contributed by atoms with E-state index in [0.29, 0.717) is 0 Å². The van der Waals surface area contributed by atoms with Gasteiger partial charge in [0.05, 0.1) is 6.61 Å². The van der Waals surface area contributed by atoms with Gasteiger partial charge in [-0.1, -0.05) is 0 Å². The van der Waals surface area contributed by atoms with Crippen LogP contribution in [0.2, 0.25) is 0 Å². The molecule has 1 heterocycles. The minimum absolute atomic E-state index is 0.668. The minimum atomic E-state index is -3.01. The molecule has 6 N–H and O–H groups in total. The highest BCUT2D eigenvalue weighted by Crippen LogP contribution is 2.30. The molecule has 0 bridgehead atoms. The van der Waals surface area contributed by atoms with Gasteiger partial charge in [0.1, 0.15) is 18.3 Å². The number of rotatable bonds is 1. The van der Waals surface area contributed by atoms with E-state index in [0.717, 1.165) is 0 Å². The first-order valence-corrected chi connectivity index (χ1v) is 3.56. The molecule has 13 heavy (non-hydrogen) atoms. The van der Waals surface area contributed by atoms with E-state index in [1.165, 1.54) is 0 Å². The molecule has 3 atom stereocenters. The van der Waals surface area contributed by atoms with Crippen molar-refractivity contribution in [1.82, 2.24) is 0 Å². The first-order chi connectivity index (χ1) is 5.91. The van der Waals surface area contributed by atoms with Gasteiger partial charge in [-0.25, -0.2) is 0 Å². The predicted octanol–water partition coefficient (Wildman–Crippen LogP) is -3.36. The predicted molar refractivity (Wildman–Crippen MR) is 36.3 cm³/mol. The van der Waals surface area contributed by atoms with Gasteiger partial charge in [0.2, 0.25) is 0 Å². The van der Waals surface area contributed by atoms with E-state index >= 15 is 0 Å². The summed E-state index contributed by atoms with van der Waals surface area (Å²) < 4.78 is 4.35. The lowest BCUT2D eigenvalue weighted by atomic mass is 9.96. The Kier molecular flexibility index (Phi) is 2.88. The normalized spacial score (nSPS) is 40.6.